The van der Waals surface area contributed by atoms with Crippen molar-refractivity contribution in [1.82, 2.24) is 24.8 Å². The maximum atomic E-state index is 13.3. The Morgan fingerprint density at radius 2 is 1.90 bits per heavy atom. The lowest BCUT2D eigenvalue weighted by Gasteiger charge is -2.33. The zero-order chi connectivity index (χ0) is 29.1. The summed E-state index contributed by atoms with van der Waals surface area (Å²) < 4.78 is 40.0. The fraction of sp³-hybridized carbons (Fsp3) is 0.393. The maximum absolute atomic E-state index is 13.3. The van der Waals surface area contributed by atoms with Gasteiger partial charge in [0.2, 0.25) is 0 Å². The van der Waals surface area contributed by atoms with E-state index in [0.29, 0.717) is 11.1 Å². The van der Waals surface area contributed by atoms with Gasteiger partial charge in [-0.2, -0.15) is 13.2 Å². The third-order valence-electron chi connectivity index (χ3n) is 7.91. The summed E-state index contributed by atoms with van der Waals surface area (Å²) in [5, 5.41) is 4.49. The second kappa shape index (κ2) is 9.98. The number of halogens is 3. The van der Waals surface area contributed by atoms with Gasteiger partial charge in [-0.15, -0.1) is 5.06 Å². The molecule has 10 nitrogen and oxygen atoms in total. The molecule has 41 heavy (non-hydrogen) atoms. The smallest absolute Gasteiger partial charge is 0.336 e. The Bertz CT molecular complexity index is 1590. The molecule has 0 bridgehead atoms. The highest BCUT2D eigenvalue weighted by Crippen LogP contribution is 2.36. The highest BCUT2D eigenvalue weighted by molar-refractivity contribution is 6.05. The Labute approximate surface area is 232 Å². The summed E-state index contributed by atoms with van der Waals surface area (Å²) in [6.45, 7) is 0.933. The molecule has 0 radical (unpaired) electrons. The summed E-state index contributed by atoms with van der Waals surface area (Å²) >= 11 is 0. The number of fused-ring (bicyclic) bond motifs is 2. The molecule has 3 aromatic rings. The Balaban J connectivity index is 1.29. The van der Waals surface area contributed by atoms with Crippen LogP contribution < -0.4 is 5.32 Å². The summed E-state index contributed by atoms with van der Waals surface area (Å²) in [5.41, 5.74) is 4.42. The number of rotatable bonds is 4. The summed E-state index contributed by atoms with van der Waals surface area (Å²) in [5.74, 6) is -5.47. The predicted octanol–water partition coefficient (Wildman–Crippen LogP) is 3.55. The molecule has 3 aliphatic heterocycles. The van der Waals surface area contributed by atoms with E-state index in [2.05, 4.69) is 22.3 Å². The topological polar surface area (TPSA) is 114 Å². The first kappa shape index (κ1) is 26.9. The average Bonchev–Trinajstić information content (AvgIpc) is 3.49. The quantitative estimate of drug-likeness (QED) is 0.478. The Morgan fingerprint density at radius 1 is 1.10 bits per heavy atom. The van der Waals surface area contributed by atoms with E-state index < -0.39 is 35.9 Å². The van der Waals surface area contributed by atoms with Crippen LogP contribution in [0.1, 0.15) is 59.6 Å². The minimum Gasteiger partial charge on any atom is -0.336 e. The summed E-state index contributed by atoms with van der Waals surface area (Å²) in [6.07, 6.45) is -0.643. The van der Waals surface area contributed by atoms with Crippen LogP contribution in [0.3, 0.4) is 0 Å². The number of benzene rings is 1. The van der Waals surface area contributed by atoms with Gasteiger partial charge < -0.3 is 19.6 Å². The zero-order valence-corrected chi connectivity index (χ0v) is 22.0. The van der Waals surface area contributed by atoms with Crippen LogP contribution in [0.15, 0.2) is 36.5 Å². The van der Waals surface area contributed by atoms with Gasteiger partial charge >= 0.3 is 12.1 Å². The largest absolute Gasteiger partial charge is 0.493 e. The summed E-state index contributed by atoms with van der Waals surface area (Å²) in [7, 11) is 1.93. The minimum atomic E-state index is -5.40. The number of aromatic nitrogens is 2. The van der Waals surface area contributed by atoms with Crippen LogP contribution >= 0.6 is 0 Å². The number of nitrogens with one attached hydrogen (secondary N) is 1. The molecule has 2 fully saturated rings. The first-order valence-corrected chi connectivity index (χ1v) is 13.3. The van der Waals surface area contributed by atoms with Crippen LogP contribution in [0.4, 0.5) is 13.2 Å². The van der Waals surface area contributed by atoms with Crippen LogP contribution in [0.2, 0.25) is 0 Å². The average molecular weight is 570 g/mol. The van der Waals surface area contributed by atoms with E-state index in [0.717, 1.165) is 53.7 Å². The van der Waals surface area contributed by atoms with Gasteiger partial charge in [-0.3, -0.25) is 14.4 Å². The van der Waals surface area contributed by atoms with Gasteiger partial charge in [0.05, 0.1) is 5.69 Å². The molecular formula is C28H26F3N5O5. The number of carbonyl (C=O) groups is 4. The number of imide groups is 1. The second-order valence-corrected chi connectivity index (χ2v) is 10.5. The second-order valence-electron chi connectivity index (χ2n) is 10.5. The lowest BCUT2D eigenvalue weighted by Crippen LogP contribution is -2.55. The molecule has 0 saturated carbocycles. The normalized spacial score (nSPS) is 21.5. The molecule has 2 atom stereocenters. The van der Waals surface area contributed by atoms with E-state index in [1.165, 1.54) is 4.90 Å². The van der Waals surface area contributed by atoms with Crippen LogP contribution in [-0.2, 0) is 32.8 Å². The van der Waals surface area contributed by atoms with E-state index in [4.69, 9.17) is 4.98 Å². The molecule has 2 aromatic heterocycles. The highest BCUT2D eigenvalue weighted by Gasteiger charge is 2.49. The van der Waals surface area contributed by atoms with Crippen LogP contribution in [0.5, 0.6) is 0 Å². The first-order chi connectivity index (χ1) is 19.5. The van der Waals surface area contributed by atoms with E-state index >= 15 is 0 Å². The Hall–Kier alpha value is -4.26. The summed E-state index contributed by atoms with van der Waals surface area (Å²) in [4.78, 5) is 59.8. The van der Waals surface area contributed by atoms with Gasteiger partial charge in [0.25, 0.3) is 17.7 Å². The van der Waals surface area contributed by atoms with Crippen LogP contribution in [-0.4, -0.2) is 62.0 Å². The molecule has 5 heterocycles. The fourth-order valence-electron chi connectivity index (χ4n) is 5.83. The maximum Gasteiger partial charge on any atom is 0.493 e. The molecule has 214 valence electrons. The molecule has 1 aromatic carbocycles. The Morgan fingerprint density at radius 3 is 2.63 bits per heavy atom. The van der Waals surface area contributed by atoms with Gasteiger partial charge in [-0.05, 0) is 61.2 Å². The monoisotopic (exact) mass is 569 g/mol. The molecule has 2 saturated heterocycles. The lowest BCUT2D eigenvalue weighted by atomic mass is 9.94. The number of alkyl halides is 3. The minimum absolute atomic E-state index is 0.00288. The third-order valence-corrected chi connectivity index (χ3v) is 7.91. The third kappa shape index (κ3) is 4.73. The number of hydroxylamine groups is 2. The van der Waals surface area contributed by atoms with E-state index in [9.17, 15) is 32.3 Å². The molecule has 3 aliphatic rings. The number of nitrogens with zero attached hydrogens (tertiary/aromatic N) is 4. The van der Waals surface area contributed by atoms with Crippen LogP contribution in [0, 0.1) is 0 Å². The Kier molecular flexibility index (Phi) is 6.56. The first-order valence-electron chi connectivity index (χ1n) is 13.3. The van der Waals surface area contributed by atoms with Gasteiger partial charge in [0, 0.05) is 48.8 Å². The van der Waals surface area contributed by atoms with Gasteiger partial charge in [0.15, 0.2) is 0 Å². The molecule has 13 heteroatoms. The number of pyridine rings is 1. The van der Waals surface area contributed by atoms with Crippen molar-refractivity contribution in [2.24, 2.45) is 7.05 Å². The molecule has 1 N–H and O–H groups in total. The highest BCUT2D eigenvalue weighted by atomic mass is 19.4. The predicted molar refractivity (Wildman–Crippen MR) is 138 cm³/mol. The van der Waals surface area contributed by atoms with Crippen molar-refractivity contribution >= 4 is 34.7 Å². The van der Waals surface area contributed by atoms with Crippen LogP contribution in [0.25, 0.3) is 22.3 Å². The van der Waals surface area contributed by atoms with Crippen molar-refractivity contribution < 1.29 is 37.2 Å². The number of hydrogen-bond donors (Lipinski definition) is 1. The zero-order valence-electron chi connectivity index (χ0n) is 22.0. The van der Waals surface area contributed by atoms with Crippen molar-refractivity contribution in [3.63, 3.8) is 0 Å². The number of carbonyl (C=O) groups excluding carboxylic acids is 4. The molecule has 1 unspecified atom stereocenters. The fourth-order valence-corrected chi connectivity index (χ4v) is 5.83. The van der Waals surface area contributed by atoms with E-state index in [1.807, 2.05) is 23.9 Å². The number of piperidine rings is 2. The number of aryl methyl sites for hydroxylation is 1. The van der Waals surface area contributed by atoms with Gasteiger partial charge in [-0.25, -0.2) is 9.78 Å². The molecule has 6 rings (SSSR count). The SMILES string of the molecule is Cn1ccc2c(C3CCCCN3)cc(-c3ccc4c(c3)CN([C@H]3CCC(=O)N(OC(=O)C(F)(F)F)C3=O)C4=O)nc21. The van der Waals surface area contributed by atoms with Crippen molar-refractivity contribution in [3.05, 3.63) is 53.2 Å². The molecule has 0 aliphatic carbocycles. The van der Waals surface area contributed by atoms with Gasteiger partial charge in [-0.1, -0.05) is 12.5 Å². The number of amides is 3. The molecule has 3 amide bonds. The van der Waals surface area contributed by atoms with Gasteiger partial charge in [0.1, 0.15) is 11.7 Å². The van der Waals surface area contributed by atoms with Crippen molar-refractivity contribution in [2.75, 3.05) is 6.54 Å². The van der Waals surface area contributed by atoms with E-state index in [1.54, 1.807) is 12.1 Å². The lowest BCUT2D eigenvalue weighted by molar-refractivity contribution is -0.238. The van der Waals surface area contributed by atoms with Crippen molar-refractivity contribution in [3.8, 4) is 11.3 Å². The molecule has 0 spiro atoms. The summed E-state index contributed by atoms with van der Waals surface area (Å²) in [6, 6.07) is 8.28. The van der Waals surface area contributed by atoms with E-state index in [-0.39, 0.29) is 30.5 Å². The van der Waals surface area contributed by atoms with Crippen molar-refractivity contribution in [1.29, 1.82) is 0 Å². The number of hydrogen-bond acceptors (Lipinski definition) is 7. The van der Waals surface area contributed by atoms with Crippen molar-refractivity contribution in [2.45, 2.75) is 56.9 Å². The standard InChI is InChI=1S/C28H26F3N5O5/c1-34-11-9-18-19(20-4-2-3-10-32-20)13-21(33-24(18)34)15-5-6-17-16(12-15)14-35(25(17)38)22-7-8-23(37)36(26(22)39)41-27(40)28(29,30)31/h5-6,9,11-13,20,22,32H,2-4,7-8,10,14H2,1H3/t20?,22-/m0/s1. The molecular weight excluding hydrogens is 543 g/mol.